The second-order valence-electron chi connectivity index (χ2n) is 8.34. The Balaban J connectivity index is 1.17. The highest BCUT2D eigenvalue weighted by atomic mass is 32.2. The molecule has 0 unspecified atom stereocenters. The summed E-state index contributed by atoms with van der Waals surface area (Å²) in [5.41, 5.74) is 3.28. The number of fused-ring (bicyclic) bond motifs is 1. The van der Waals surface area contributed by atoms with Crippen LogP contribution in [0.1, 0.15) is 25.3 Å². The summed E-state index contributed by atoms with van der Waals surface area (Å²) in [5.74, 6) is 1.24. The number of aromatic nitrogens is 3. The van der Waals surface area contributed by atoms with E-state index in [-0.39, 0.29) is 11.2 Å². The lowest BCUT2D eigenvalue weighted by molar-refractivity contribution is -0.131. The van der Waals surface area contributed by atoms with E-state index >= 15 is 0 Å². The summed E-state index contributed by atoms with van der Waals surface area (Å²) in [6, 6.07) is 18.6. The van der Waals surface area contributed by atoms with Crippen LogP contribution in [0.3, 0.4) is 0 Å². The molecule has 1 fully saturated rings. The summed E-state index contributed by atoms with van der Waals surface area (Å²) in [6.45, 7) is 3.54. The van der Waals surface area contributed by atoms with Crippen molar-refractivity contribution in [3.8, 4) is 11.5 Å². The average molecular weight is 447 g/mol. The summed E-state index contributed by atoms with van der Waals surface area (Å²) in [6.07, 6.45) is 5.05. The average Bonchev–Trinajstić information content (AvgIpc) is 3.46. The Bertz CT molecular complexity index is 1190. The summed E-state index contributed by atoms with van der Waals surface area (Å²) in [5, 5.41) is 9.56. The number of benzene rings is 2. The molecule has 1 saturated heterocycles. The van der Waals surface area contributed by atoms with Crippen molar-refractivity contribution in [2.24, 2.45) is 5.92 Å². The molecule has 3 heterocycles. The summed E-state index contributed by atoms with van der Waals surface area (Å²) >= 11 is 1.33. The van der Waals surface area contributed by atoms with Gasteiger partial charge in [-0.15, -0.1) is 10.2 Å². The van der Waals surface area contributed by atoms with Gasteiger partial charge in [0.25, 0.3) is 11.1 Å². The molecule has 6 nitrogen and oxygen atoms in total. The molecule has 2 aromatic carbocycles. The van der Waals surface area contributed by atoms with Crippen LogP contribution in [0, 0.1) is 5.92 Å². The fourth-order valence-corrected chi connectivity index (χ4v) is 5.15. The van der Waals surface area contributed by atoms with Crippen molar-refractivity contribution in [2.75, 3.05) is 13.1 Å². The van der Waals surface area contributed by atoms with Gasteiger partial charge in [-0.05, 0) is 43.7 Å². The number of hydrogen-bond acceptors (Lipinski definition) is 5. The van der Waals surface area contributed by atoms with E-state index in [2.05, 4.69) is 45.5 Å². The van der Waals surface area contributed by atoms with Gasteiger partial charge >= 0.3 is 0 Å². The van der Waals surface area contributed by atoms with Crippen LogP contribution in [0.4, 0.5) is 0 Å². The number of nitrogens with one attached hydrogen (secondary N) is 1. The van der Waals surface area contributed by atoms with Crippen LogP contribution in [-0.4, -0.2) is 44.3 Å². The maximum absolute atomic E-state index is 13.0. The van der Waals surface area contributed by atoms with Gasteiger partial charge < -0.3 is 14.3 Å². The molecule has 7 heteroatoms. The number of para-hydroxylation sites is 1. The van der Waals surface area contributed by atoms with Gasteiger partial charge in [0.2, 0.25) is 5.91 Å². The first-order chi connectivity index (χ1) is 15.7. The van der Waals surface area contributed by atoms with Crippen molar-refractivity contribution in [3.63, 3.8) is 0 Å². The largest absolute Gasteiger partial charge is 0.411 e. The molecule has 1 N–H and O–H groups in total. The number of amides is 1. The molecule has 0 saturated carbocycles. The lowest BCUT2D eigenvalue weighted by atomic mass is 9.90. The highest BCUT2D eigenvalue weighted by Crippen LogP contribution is 2.31. The number of piperidine rings is 1. The van der Waals surface area contributed by atoms with E-state index in [1.165, 1.54) is 17.3 Å². The highest BCUT2D eigenvalue weighted by Gasteiger charge is 2.28. The first-order valence-electron chi connectivity index (χ1n) is 11.1. The topological polar surface area (TPSA) is 75.0 Å². The van der Waals surface area contributed by atoms with Gasteiger partial charge in [-0.25, -0.2) is 0 Å². The SMILES string of the molecule is C[C@@H](Sc1nnc(-c2c[nH]c3ccccc23)o1)C(=O)N1CCC(Cc2ccccc2)CC1. The molecule has 1 aliphatic rings. The van der Waals surface area contributed by atoms with Crippen molar-refractivity contribution in [2.45, 2.75) is 36.7 Å². The molecule has 0 radical (unpaired) electrons. The number of carbonyl (C=O) groups excluding carboxylic acids is 1. The lowest BCUT2D eigenvalue weighted by Crippen LogP contribution is -2.42. The molecule has 5 rings (SSSR count). The molecular formula is C25H26N4O2S. The molecule has 2 aromatic heterocycles. The maximum Gasteiger partial charge on any atom is 0.277 e. The van der Waals surface area contributed by atoms with Crippen molar-refractivity contribution >= 4 is 28.6 Å². The van der Waals surface area contributed by atoms with Gasteiger partial charge in [0.15, 0.2) is 0 Å². The Hall–Kier alpha value is -3.06. The molecular weight excluding hydrogens is 420 g/mol. The second kappa shape index (κ2) is 9.20. The lowest BCUT2D eigenvalue weighted by Gasteiger charge is -2.33. The zero-order valence-corrected chi connectivity index (χ0v) is 18.8. The van der Waals surface area contributed by atoms with E-state index in [0.717, 1.165) is 48.8 Å². The van der Waals surface area contributed by atoms with Gasteiger partial charge in [0.1, 0.15) is 0 Å². The predicted octanol–water partition coefficient (Wildman–Crippen LogP) is 5.18. The van der Waals surface area contributed by atoms with E-state index < -0.39 is 0 Å². The minimum absolute atomic E-state index is 0.139. The number of aromatic amines is 1. The first kappa shape index (κ1) is 20.8. The van der Waals surface area contributed by atoms with E-state index in [0.29, 0.717) is 17.0 Å². The molecule has 1 atom stereocenters. The first-order valence-corrected chi connectivity index (χ1v) is 11.9. The molecule has 1 aliphatic heterocycles. The number of H-pyrrole nitrogens is 1. The molecule has 32 heavy (non-hydrogen) atoms. The zero-order valence-electron chi connectivity index (χ0n) is 18.0. The maximum atomic E-state index is 13.0. The monoisotopic (exact) mass is 446 g/mol. The van der Waals surface area contributed by atoms with Crippen LogP contribution in [-0.2, 0) is 11.2 Å². The predicted molar refractivity (Wildman–Crippen MR) is 126 cm³/mol. The third-order valence-corrected chi connectivity index (χ3v) is 7.07. The van der Waals surface area contributed by atoms with Crippen LogP contribution >= 0.6 is 11.8 Å². The molecule has 1 amide bonds. The Morgan fingerprint density at radius 2 is 1.88 bits per heavy atom. The smallest absolute Gasteiger partial charge is 0.277 e. The van der Waals surface area contributed by atoms with Gasteiger partial charge in [-0.1, -0.05) is 60.3 Å². The molecule has 0 aliphatic carbocycles. The third kappa shape index (κ3) is 4.43. The van der Waals surface area contributed by atoms with Crippen molar-refractivity contribution in [3.05, 3.63) is 66.4 Å². The van der Waals surface area contributed by atoms with Gasteiger partial charge in [-0.3, -0.25) is 4.79 Å². The fourth-order valence-electron chi connectivity index (χ4n) is 4.38. The van der Waals surface area contributed by atoms with E-state index in [9.17, 15) is 4.79 Å². The molecule has 0 bridgehead atoms. The molecule has 0 spiro atoms. The summed E-state index contributed by atoms with van der Waals surface area (Å²) < 4.78 is 5.88. The minimum atomic E-state index is -0.267. The van der Waals surface area contributed by atoms with Crippen LogP contribution < -0.4 is 0 Å². The van der Waals surface area contributed by atoms with Gasteiger partial charge in [-0.2, -0.15) is 0 Å². The van der Waals surface area contributed by atoms with E-state index in [4.69, 9.17) is 4.42 Å². The van der Waals surface area contributed by atoms with E-state index in [1.54, 1.807) is 0 Å². The minimum Gasteiger partial charge on any atom is -0.411 e. The summed E-state index contributed by atoms with van der Waals surface area (Å²) in [7, 11) is 0. The normalized spacial score (nSPS) is 15.8. The summed E-state index contributed by atoms with van der Waals surface area (Å²) in [4.78, 5) is 18.2. The van der Waals surface area contributed by atoms with Crippen molar-refractivity contribution < 1.29 is 9.21 Å². The Morgan fingerprint density at radius 1 is 1.12 bits per heavy atom. The third-order valence-electron chi connectivity index (χ3n) is 6.14. The Labute approximate surface area is 191 Å². The van der Waals surface area contributed by atoms with Crippen LogP contribution in [0.25, 0.3) is 22.4 Å². The number of thioether (sulfide) groups is 1. The van der Waals surface area contributed by atoms with Gasteiger partial charge in [0.05, 0.1) is 10.8 Å². The molecule has 4 aromatic rings. The molecule has 164 valence electrons. The quantitative estimate of drug-likeness (QED) is 0.413. The van der Waals surface area contributed by atoms with E-state index in [1.807, 2.05) is 42.3 Å². The van der Waals surface area contributed by atoms with Crippen molar-refractivity contribution in [1.82, 2.24) is 20.1 Å². The van der Waals surface area contributed by atoms with Crippen LogP contribution in [0.2, 0.25) is 0 Å². The standard InChI is InChI=1S/C25H26N4O2S/c1-17(24(30)29-13-11-19(12-14-29)15-18-7-3-2-4-8-18)32-25-28-27-23(31-25)21-16-26-22-10-6-5-9-20(21)22/h2-10,16-17,19,26H,11-15H2,1H3/t17-/m1/s1. The number of nitrogens with zero attached hydrogens (tertiary/aromatic N) is 3. The fraction of sp³-hybridized carbons (Fsp3) is 0.320. The second-order valence-corrected chi connectivity index (χ2v) is 9.63. The number of carbonyl (C=O) groups is 1. The Morgan fingerprint density at radius 3 is 2.69 bits per heavy atom. The Kier molecular flexibility index (Phi) is 5.99. The van der Waals surface area contributed by atoms with Crippen LogP contribution in [0.15, 0.2) is 70.4 Å². The van der Waals surface area contributed by atoms with Crippen molar-refractivity contribution in [1.29, 1.82) is 0 Å². The number of hydrogen-bond donors (Lipinski definition) is 1. The van der Waals surface area contributed by atoms with Gasteiger partial charge in [0, 0.05) is 30.2 Å². The number of likely N-dealkylation sites (tertiary alicyclic amines) is 1. The highest BCUT2D eigenvalue weighted by molar-refractivity contribution is 8.00. The number of rotatable bonds is 6. The zero-order chi connectivity index (χ0) is 21.9. The van der Waals surface area contributed by atoms with Crippen LogP contribution in [0.5, 0.6) is 0 Å².